The molecule has 1 heterocycles. The SMILES string of the molecule is CCN(C)C(=O)N1CCCCc2ccccc21. The van der Waals surface area contributed by atoms with Gasteiger partial charge in [0.05, 0.1) is 0 Å². The van der Waals surface area contributed by atoms with Crippen LogP contribution in [0.5, 0.6) is 0 Å². The quantitative estimate of drug-likeness (QED) is 0.730. The summed E-state index contributed by atoms with van der Waals surface area (Å²) < 4.78 is 0. The van der Waals surface area contributed by atoms with Crippen molar-refractivity contribution in [2.75, 3.05) is 25.0 Å². The highest BCUT2D eigenvalue weighted by Crippen LogP contribution is 2.26. The highest BCUT2D eigenvalue weighted by atomic mass is 16.2. The summed E-state index contributed by atoms with van der Waals surface area (Å²) in [5.74, 6) is 0. The summed E-state index contributed by atoms with van der Waals surface area (Å²) in [5, 5.41) is 0. The number of nitrogens with zero attached hydrogens (tertiary/aromatic N) is 2. The summed E-state index contributed by atoms with van der Waals surface area (Å²) in [6.07, 6.45) is 3.32. The fourth-order valence-electron chi connectivity index (χ4n) is 2.23. The van der Waals surface area contributed by atoms with Gasteiger partial charge in [-0.15, -0.1) is 0 Å². The zero-order valence-electron chi connectivity index (χ0n) is 10.6. The smallest absolute Gasteiger partial charge is 0.324 e. The van der Waals surface area contributed by atoms with Gasteiger partial charge < -0.3 is 4.90 Å². The molecule has 0 spiro atoms. The zero-order valence-corrected chi connectivity index (χ0v) is 10.6. The zero-order chi connectivity index (χ0) is 12.3. The number of carbonyl (C=O) groups excluding carboxylic acids is 1. The number of hydrogen-bond acceptors (Lipinski definition) is 1. The molecule has 1 aliphatic rings. The largest absolute Gasteiger partial charge is 0.328 e. The molecule has 3 heteroatoms. The van der Waals surface area contributed by atoms with Gasteiger partial charge in [-0.1, -0.05) is 18.2 Å². The van der Waals surface area contributed by atoms with E-state index in [0.29, 0.717) is 0 Å². The molecule has 0 atom stereocenters. The highest BCUT2D eigenvalue weighted by Gasteiger charge is 2.22. The third-order valence-electron chi connectivity index (χ3n) is 3.39. The van der Waals surface area contributed by atoms with Gasteiger partial charge in [-0.2, -0.15) is 0 Å². The van der Waals surface area contributed by atoms with Crippen molar-refractivity contribution >= 4 is 11.7 Å². The Morgan fingerprint density at radius 1 is 1.35 bits per heavy atom. The minimum atomic E-state index is 0.113. The van der Waals surface area contributed by atoms with E-state index in [1.165, 1.54) is 5.56 Å². The van der Waals surface area contributed by atoms with Crippen LogP contribution in [0, 0.1) is 0 Å². The maximum atomic E-state index is 12.3. The summed E-state index contributed by atoms with van der Waals surface area (Å²) in [4.78, 5) is 16.0. The Labute approximate surface area is 103 Å². The van der Waals surface area contributed by atoms with E-state index in [4.69, 9.17) is 0 Å². The minimum absolute atomic E-state index is 0.113. The van der Waals surface area contributed by atoms with E-state index in [1.54, 1.807) is 4.90 Å². The lowest BCUT2D eigenvalue weighted by Crippen LogP contribution is -2.41. The Morgan fingerprint density at radius 2 is 2.12 bits per heavy atom. The summed E-state index contributed by atoms with van der Waals surface area (Å²) >= 11 is 0. The molecular weight excluding hydrogens is 212 g/mol. The molecule has 1 aromatic carbocycles. The molecule has 92 valence electrons. The van der Waals surface area contributed by atoms with Crippen LogP contribution in [0.4, 0.5) is 10.5 Å². The van der Waals surface area contributed by atoms with Gasteiger partial charge in [0.25, 0.3) is 0 Å². The van der Waals surface area contributed by atoms with E-state index in [2.05, 4.69) is 18.2 Å². The van der Waals surface area contributed by atoms with Gasteiger partial charge in [-0.25, -0.2) is 4.79 Å². The van der Waals surface area contributed by atoms with Gasteiger partial charge in [0.1, 0.15) is 0 Å². The van der Waals surface area contributed by atoms with Crippen LogP contribution in [0.15, 0.2) is 24.3 Å². The first-order valence-corrected chi connectivity index (χ1v) is 6.34. The van der Waals surface area contributed by atoms with Crippen LogP contribution in [-0.4, -0.2) is 31.1 Å². The number of amides is 2. The standard InChI is InChI=1S/C14H20N2O/c1-3-15(2)14(17)16-11-7-6-9-12-8-4-5-10-13(12)16/h4-5,8,10H,3,6-7,9,11H2,1-2H3. The number of carbonyl (C=O) groups is 1. The van der Waals surface area contributed by atoms with E-state index < -0.39 is 0 Å². The van der Waals surface area contributed by atoms with Crippen molar-refractivity contribution in [2.24, 2.45) is 0 Å². The van der Waals surface area contributed by atoms with Gasteiger partial charge >= 0.3 is 6.03 Å². The first kappa shape index (κ1) is 12.0. The van der Waals surface area contributed by atoms with Crippen LogP contribution in [-0.2, 0) is 6.42 Å². The van der Waals surface area contributed by atoms with Crippen molar-refractivity contribution in [3.63, 3.8) is 0 Å². The van der Waals surface area contributed by atoms with Crippen molar-refractivity contribution in [2.45, 2.75) is 26.2 Å². The van der Waals surface area contributed by atoms with E-state index in [9.17, 15) is 4.79 Å². The third-order valence-corrected chi connectivity index (χ3v) is 3.39. The maximum absolute atomic E-state index is 12.3. The molecule has 0 bridgehead atoms. The lowest BCUT2D eigenvalue weighted by molar-refractivity contribution is 0.217. The second kappa shape index (κ2) is 5.21. The Hall–Kier alpha value is -1.51. The first-order valence-electron chi connectivity index (χ1n) is 6.34. The normalized spacial score (nSPS) is 15.1. The molecule has 3 nitrogen and oxygen atoms in total. The monoisotopic (exact) mass is 232 g/mol. The molecule has 1 aromatic rings. The second-order valence-corrected chi connectivity index (χ2v) is 4.53. The van der Waals surface area contributed by atoms with Gasteiger partial charge in [0, 0.05) is 25.8 Å². The van der Waals surface area contributed by atoms with Gasteiger partial charge in [0.15, 0.2) is 0 Å². The summed E-state index contributed by atoms with van der Waals surface area (Å²) in [6, 6.07) is 8.36. The topological polar surface area (TPSA) is 23.6 Å². The van der Waals surface area contributed by atoms with Crippen molar-refractivity contribution in [1.29, 1.82) is 0 Å². The molecule has 2 amide bonds. The minimum Gasteiger partial charge on any atom is -0.328 e. The molecule has 0 aliphatic carbocycles. The average molecular weight is 232 g/mol. The molecule has 2 rings (SSSR count). The number of para-hydroxylation sites is 1. The van der Waals surface area contributed by atoms with E-state index >= 15 is 0 Å². The number of aryl methyl sites for hydroxylation is 1. The molecule has 0 aromatic heterocycles. The maximum Gasteiger partial charge on any atom is 0.324 e. The number of urea groups is 1. The van der Waals surface area contributed by atoms with E-state index in [0.717, 1.165) is 38.0 Å². The number of anilines is 1. The number of benzene rings is 1. The van der Waals surface area contributed by atoms with Crippen molar-refractivity contribution in [3.05, 3.63) is 29.8 Å². The number of fused-ring (bicyclic) bond motifs is 1. The van der Waals surface area contributed by atoms with Crippen molar-refractivity contribution < 1.29 is 4.79 Å². The summed E-state index contributed by atoms with van der Waals surface area (Å²) in [6.45, 7) is 3.58. The Bertz CT molecular complexity index is 403. The van der Waals surface area contributed by atoms with Crippen LogP contribution in [0.25, 0.3) is 0 Å². The molecular formula is C14H20N2O. The van der Waals surface area contributed by atoms with Crippen LogP contribution in [0.2, 0.25) is 0 Å². The molecule has 1 aliphatic heterocycles. The molecule has 0 fully saturated rings. The fraction of sp³-hybridized carbons (Fsp3) is 0.500. The van der Waals surface area contributed by atoms with E-state index in [-0.39, 0.29) is 6.03 Å². The van der Waals surface area contributed by atoms with Crippen LogP contribution in [0.3, 0.4) is 0 Å². The van der Waals surface area contributed by atoms with Gasteiger partial charge in [-0.3, -0.25) is 4.90 Å². The Kier molecular flexibility index (Phi) is 3.67. The van der Waals surface area contributed by atoms with Gasteiger partial charge in [0.2, 0.25) is 0 Å². The predicted octanol–water partition coefficient (Wildman–Crippen LogP) is 2.90. The number of rotatable bonds is 1. The van der Waals surface area contributed by atoms with Crippen LogP contribution < -0.4 is 4.90 Å². The highest BCUT2D eigenvalue weighted by molar-refractivity contribution is 5.92. The lowest BCUT2D eigenvalue weighted by atomic mass is 10.1. The van der Waals surface area contributed by atoms with Crippen LogP contribution in [0.1, 0.15) is 25.3 Å². The van der Waals surface area contributed by atoms with Gasteiger partial charge in [-0.05, 0) is 37.8 Å². The fourth-order valence-corrected chi connectivity index (χ4v) is 2.23. The Morgan fingerprint density at radius 3 is 2.88 bits per heavy atom. The summed E-state index contributed by atoms with van der Waals surface area (Å²) in [5.41, 5.74) is 2.39. The molecule has 0 saturated heterocycles. The van der Waals surface area contributed by atoms with Crippen molar-refractivity contribution in [3.8, 4) is 0 Å². The number of hydrogen-bond donors (Lipinski definition) is 0. The molecule has 0 N–H and O–H groups in total. The molecule has 0 saturated carbocycles. The van der Waals surface area contributed by atoms with E-state index in [1.807, 2.05) is 24.9 Å². The molecule has 17 heavy (non-hydrogen) atoms. The average Bonchev–Trinajstić information content (AvgIpc) is 2.59. The second-order valence-electron chi connectivity index (χ2n) is 4.53. The Balaban J connectivity index is 2.31. The third kappa shape index (κ3) is 2.43. The lowest BCUT2D eigenvalue weighted by Gasteiger charge is -2.27. The molecule has 0 radical (unpaired) electrons. The van der Waals surface area contributed by atoms with Crippen LogP contribution >= 0.6 is 0 Å². The van der Waals surface area contributed by atoms with Crippen molar-refractivity contribution in [1.82, 2.24) is 4.90 Å². The molecule has 0 unspecified atom stereocenters. The summed E-state index contributed by atoms with van der Waals surface area (Å²) in [7, 11) is 1.86. The first-order chi connectivity index (χ1) is 8.24. The predicted molar refractivity (Wildman–Crippen MR) is 70.4 cm³/mol.